The molecule has 0 radical (unpaired) electrons. The highest BCUT2D eigenvalue weighted by atomic mass is 35.5. The van der Waals surface area contributed by atoms with Gasteiger partial charge in [-0.3, -0.25) is 9.59 Å². The van der Waals surface area contributed by atoms with Crippen molar-refractivity contribution in [2.24, 2.45) is 5.92 Å². The van der Waals surface area contributed by atoms with Gasteiger partial charge in [0.05, 0.1) is 16.7 Å². The van der Waals surface area contributed by atoms with Crippen LogP contribution in [0.4, 0.5) is 4.39 Å². The summed E-state index contributed by atoms with van der Waals surface area (Å²) in [6, 6.07) is 7.94. The Bertz CT molecular complexity index is 870. The van der Waals surface area contributed by atoms with Gasteiger partial charge in [-0.2, -0.15) is 0 Å². The number of hydrogen-bond donors (Lipinski definition) is 1. The van der Waals surface area contributed by atoms with Crippen molar-refractivity contribution in [2.75, 3.05) is 0 Å². The molecule has 0 aliphatic heterocycles. The van der Waals surface area contributed by atoms with Crippen LogP contribution in [0.25, 0.3) is 0 Å². The fraction of sp³-hybridized carbons (Fsp3) is 0.211. The molecule has 0 aromatic heterocycles. The lowest BCUT2D eigenvalue weighted by molar-refractivity contribution is 0.0690. The van der Waals surface area contributed by atoms with Crippen LogP contribution in [0.1, 0.15) is 55.9 Å². The Morgan fingerprint density at radius 1 is 1.00 bits per heavy atom. The molecule has 25 heavy (non-hydrogen) atoms. The van der Waals surface area contributed by atoms with Crippen LogP contribution >= 0.6 is 11.6 Å². The number of aromatic carboxylic acids is 1. The van der Waals surface area contributed by atoms with Gasteiger partial charge in [0, 0.05) is 16.5 Å². The lowest BCUT2D eigenvalue weighted by Gasteiger charge is -2.24. The van der Waals surface area contributed by atoms with E-state index in [-0.39, 0.29) is 22.8 Å². The van der Waals surface area contributed by atoms with E-state index in [0.717, 1.165) is 18.6 Å². The number of halogens is 2. The highest BCUT2D eigenvalue weighted by Crippen LogP contribution is 2.32. The zero-order chi connectivity index (χ0) is 18.1. The molecular formula is C19H14ClFO4. The van der Waals surface area contributed by atoms with Crippen molar-refractivity contribution >= 4 is 29.1 Å². The number of benzene rings is 2. The van der Waals surface area contributed by atoms with E-state index in [1.807, 2.05) is 0 Å². The lowest BCUT2D eigenvalue weighted by Crippen LogP contribution is -2.24. The van der Waals surface area contributed by atoms with Crippen LogP contribution in [0, 0.1) is 11.7 Å². The van der Waals surface area contributed by atoms with Crippen molar-refractivity contribution in [1.82, 2.24) is 0 Å². The molecule has 2 aromatic carbocycles. The minimum atomic E-state index is -1.43. The lowest BCUT2D eigenvalue weighted by atomic mass is 9.79. The van der Waals surface area contributed by atoms with E-state index in [2.05, 4.69) is 0 Å². The Morgan fingerprint density at radius 3 is 2.12 bits per heavy atom. The number of carboxylic acid groups (broad SMARTS) is 1. The average Bonchev–Trinajstić information content (AvgIpc) is 2.52. The molecule has 3 rings (SSSR count). The van der Waals surface area contributed by atoms with Gasteiger partial charge in [-0.15, -0.1) is 0 Å². The van der Waals surface area contributed by atoms with E-state index in [1.165, 1.54) is 24.3 Å². The minimum Gasteiger partial charge on any atom is -0.478 e. The quantitative estimate of drug-likeness (QED) is 0.802. The molecule has 1 fully saturated rings. The zero-order valence-electron chi connectivity index (χ0n) is 13.1. The van der Waals surface area contributed by atoms with E-state index in [9.17, 15) is 23.9 Å². The molecule has 0 spiro atoms. The summed E-state index contributed by atoms with van der Waals surface area (Å²) in [5.41, 5.74) is -1.20. The van der Waals surface area contributed by atoms with Gasteiger partial charge < -0.3 is 5.11 Å². The molecule has 2 aromatic rings. The maximum absolute atomic E-state index is 14.9. The molecule has 6 heteroatoms. The van der Waals surface area contributed by atoms with Crippen molar-refractivity contribution in [3.05, 3.63) is 69.5 Å². The van der Waals surface area contributed by atoms with E-state index in [4.69, 9.17) is 11.6 Å². The largest absolute Gasteiger partial charge is 0.478 e. The first-order chi connectivity index (χ1) is 11.9. The van der Waals surface area contributed by atoms with Gasteiger partial charge in [-0.25, -0.2) is 9.18 Å². The van der Waals surface area contributed by atoms with Gasteiger partial charge in [0.25, 0.3) is 0 Å². The summed E-state index contributed by atoms with van der Waals surface area (Å²) in [6.45, 7) is 0. The molecule has 0 heterocycles. The summed E-state index contributed by atoms with van der Waals surface area (Å²) in [5, 5.41) is 9.69. The third-order valence-electron chi connectivity index (χ3n) is 4.45. The third-order valence-corrected chi connectivity index (χ3v) is 4.70. The van der Waals surface area contributed by atoms with Crippen LogP contribution in [0.2, 0.25) is 5.02 Å². The van der Waals surface area contributed by atoms with Crippen LogP contribution in [-0.4, -0.2) is 22.6 Å². The molecular weight excluding hydrogens is 347 g/mol. The number of hydrogen-bond acceptors (Lipinski definition) is 3. The van der Waals surface area contributed by atoms with Crippen LogP contribution in [0.3, 0.4) is 0 Å². The number of carbonyl (C=O) groups is 3. The van der Waals surface area contributed by atoms with E-state index in [0.29, 0.717) is 17.9 Å². The van der Waals surface area contributed by atoms with Crippen LogP contribution < -0.4 is 0 Å². The molecule has 1 saturated carbocycles. The summed E-state index contributed by atoms with van der Waals surface area (Å²) in [5.74, 6) is -3.94. The molecule has 4 nitrogen and oxygen atoms in total. The Balaban J connectivity index is 2.11. The average molecular weight is 361 g/mol. The van der Waals surface area contributed by atoms with Crippen LogP contribution in [-0.2, 0) is 0 Å². The van der Waals surface area contributed by atoms with E-state index >= 15 is 0 Å². The van der Waals surface area contributed by atoms with Gasteiger partial charge >= 0.3 is 5.97 Å². The Labute approximate surface area is 148 Å². The van der Waals surface area contributed by atoms with Crippen LogP contribution in [0.15, 0.2) is 36.4 Å². The van der Waals surface area contributed by atoms with Gasteiger partial charge in [0.15, 0.2) is 11.6 Å². The molecule has 0 bridgehead atoms. The number of rotatable bonds is 5. The SMILES string of the molecule is O=C(O)c1ccc(C(=O)C2CCC2)c(F)c1C(=O)c1ccc(Cl)cc1. The Morgan fingerprint density at radius 2 is 1.60 bits per heavy atom. The third kappa shape index (κ3) is 3.20. The molecule has 0 saturated heterocycles. The van der Waals surface area contributed by atoms with Crippen molar-refractivity contribution in [3.8, 4) is 0 Å². The monoisotopic (exact) mass is 360 g/mol. The molecule has 1 aliphatic carbocycles. The fourth-order valence-corrected chi connectivity index (χ4v) is 2.93. The topological polar surface area (TPSA) is 71.4 Å². The van der Waals surface area contributed by atoms with E-state index < -0.39 is 28.7 Å². The number of carboxylic acids is 1. The van der Waals surface area contributed by atoms with Crippen molar-refractivity contribution in [2.45, 2.75) is 19.3 Å². The van der Waals surface area contributed by atoms with Gasteiger partial charge in [0.2, 0.25) is 0 Å². The predicted molar refractivity (Wildman–Crippen MR) is 89.9 cm³/mol. The van der Waals surface area contributed by atoms with Crippen molar-refractivity contribution in [3.63, 3.8) is 0 Å². The second kappa shape index (κ2) is 6.76. The summed E-state index contributed by atoms with van der Waals surface area (Å²) >= 11 is 5.78. The molecule has 128 valence electrons. The maximum atomic E-state index is 14.9. The molecule has 0 amide bonds. The Hall–Kier alpha value is -2.53. The highest BCUT2D eigenvalue weighted by Gasteiger charge is 2.32. The predicted octanol–water partition coefficient (Wildman–Crippen LogP) is 4.39. The smallest absolute Gasteiger partial charge is 0.336 e. The normalized spacial score (nSPS) is 14.0. The first-order valence-corrected chi connectivity index (χ1v) is 8.18. The molecule has 0 atom stereocenters. The first kappa shape index (κ1) is 17.3. The number of carbonyl (C=O) groups excluding carboxylic acids is 2. The summed E-state index contributed by atoms with van der Waals surface area (Å²) < 4.78 is 14.9. The molecule has 1 aliphatic rings. The second-order valence-electron chi connectivity index (χ2n) is 5.98. The van der Waals surface area contributed by atoms with Gasteiger partial charge in [0.1, 0.15) is 5.82 Å². The standard InChI is InChI=1S/C19H14ClFO4/c20-12-6-4-11(5-7-12)18(23)15-13(19(24)25)8-9-14(16(15)21)17(22)10-2-1-3-10/h4-10H,1-3H2,(H,24,25). The number of Topliss-reactive ketones (excluding diaryl/α,β-unsaturated/α-hetero) is 1. The highest BCUT2D eigenvalue weighted by molar-refractivity contribution is 6.30. The van der Waals surface area contributed by atoms with Gasteiger partial charge in [-0.05, 0) is 49.2 Å². The number of ketones is 2. The fourth-order valence-electron chi connectivity index (χ4n) is 2.80. The van der Waals surface area contributed by atoms with Crippen molar-refractivity contribution < 1.29 is 23.9 Å². The zero-order valence-corrected chi connectivity index (χ0v) is 13.8. The summed E-state index contributed by atoms with van der Waals surface area (Å²) in [6.07, 6.45) is 2.26. The van der Waals surface area contributed by atoms with Gasteiger partial charge in [-0.1, -0.05) is 18.0 Å². The summed E-state index contributed by atoms with van der Waals surface area (Å²) in [7, 11) is 0. The molecule has 0 unspecified atom stereocenters. The summed E-state index contributed by atoms with van der Waals surface area (Å²) in [4.78, 5) is 36.5. The molecule has 1 N–H and O–H groups in total. The van der Waals surface area contributed by atoms with Crippen molar-refractivity contribution in [1.29, 1.82) is 0 Å². The Kier molecular flexibility index (Phi) is 4.68. The van der Waals surface area contributed by atoms with E-state index in [1.54, 1.807) is 0 Å². The maximum Gasteiger partial charge on any atom is 0.336 e. The first-order valence-electron chi connectivity index (χ1n) is 7.80. The minimum absolute atomic E-state index is 0.0963. The second-order valence-corrected chi connectivity index (χ2v) is 6.42. The van der Waals surface area contributed by atoms with Crippen LogP contribution in [0.5, 0.6) is 0 Å².